The molecule has 86 valence electrons. The summed E-state index contributed by atoms with van der Waals surface area (Å²) in [6.07, 6.45) is 0. The van der Waals surface area contributed by atoms with E-state index in [2.05, 4.69) is 11.2 Å². The summed E-state index contributed by atoms with van der Waals surface area (Å²) in [5.74, 6) is 0.849. The molecule has 1 aromatic carbocycles. The minimum absolute atomic E-state index is 0. The molecule has 0 saturated heterocycles. The Morgan fingerprint density at radius 2 is 2.06 bits per heavy atom. The quantitative estimate of drug-likeness (QED) is 0.875. The number of aryl methyl sites for hydroxylation is 2. The van der Waals surface area contributed by atoms with E-state index in [-0.39, 0.29) is 12.4 Å². The molecule has 0 amide bonds. The molecule has 0 aliphatic rings. The second-order valence-electron chi connectivity index (χ2n) is 3.60. The standard InChI is InChI=1S/C12H14N2O.ClH/c1-8-12(9(2)15-14-8)11-5-3-4-10(6-11)7-13;/h3-6H,7,13H2,1-2H3;1H. The summed E-state index contributed by atoms with van der Waals surface area (Å²) in [5.41, 5.74) is 9.84. The van der Waals surface area contributed by atoms with Gasteiger partial charge >= 0.3 is 0 Å². The summed E-state index contributed by atoms with van der Waals surface area (Å²) in [5, 5.41) is 3.94. The van der Waals surface area contributed by atoms with Gasteiger partial charge in [-0.05, 0) is 31.0 Å². The average Bonchev–Trinajstić information content (AvgIpc) is 2.59. The van der Waals surface area contributed by atoms with Crippen molar-refractivity contribution in [3.05, 3.63) is 41.3 Å². The van der Waals surface area contributed by atoms with Gasteiger partial charge in [0.1, 0.15) is 5.76 Å². The van der Waals surface area contributed by atoms with E-state index in [4.69, 9.17) is 10.3 Å². The van der Waals surface area contributed by atoms with E-state index in [0.717, 1.165) is 28.1 Å². The predicted molar refractivity (Wildman–Crippen MR) is 66.6 cm³/mol. The Morgan fingerprint density at radius 1 is 1.31 bits per heavy atom. The summed E-state index contributed by atoms with van der Waals surface area (Å²) in [6.45, 7) is 4.42. The highest BCUT2D eigenvalue weighted by Crippen LogP contribution is 2.27. The van der Waals surface area contributed by atoms with Crippen LogP contribution in [0.25, 0.3) is 11.1 Å². The molecule has 0 aliphatic carbocycles. The van der Waals surface area contributed by atoms with Crippen LogP contribution in [-0.2, 0) is 6.54 Å². The Hall–Kier alpha value is -1.32. The van der Waals surface area contributed by atoms with Crippen LogP contribution in [0.15, 0.2) is 28.8 Å². The van der Waals surface area contributed by atoms with Crippen molar-refractivity contribution in [1.29, 1.82) is 0 Å². The van der Waals surface area contributed by atoms with Gasteiger partial charge in [-0.15, -0.1) is 12.4 Å². The third-order valence-electron chi connectivity index (χ3n) is 2.48. The minimum atomic E-state index is 0. The van der Waals surface area contributed by atoms with Crippen LogP contribution >= 0.6 is 12.4 Å². The zero-order valence-corrected chi connectivity index (χ0v) is 10.2. The van der Waals surface area contributed by atoms with Crippen molar-refractivity contribution in [3.8, 4) is 11.1 Å². The van der Waals surface area contributed by atoms with Crippen LogP contribution in [0.3, 0.4) is 0 Å². The largest absolute Gasteiger partial charge is 0.361 e. The fourth-order valence-electron chi connectivity index (χ4n) is 1.75. The molecule has 0 unspecified atom stereocenters. The fraction of sp³-hybridized carbons (Fsp3) is 0.250. The van der Waals surface area contributed by atoms with E-state index in [9.17, 15) is 0 Å². The maximum absolute atomic E-state index is 5.61. The molecule has 0 saturated carbocycles. The fourth-order valence-corrected chi connectivity index (χ4v) is 1.75. The molecule has 0 aliphatic heterocycles. The molecule has 0 radical (unpaired) electrons. The number of hydrogen-bond acceptors (Lipinski definition) is 3. The van der Waals surface area contributed by atoms with Crippen LogP contribution in [-0.4, -0.2) is 5.16 Å². The Balaban J connectivity index is 0.00000128. The third-order valence-corrected chi connectivity index (χ3v) is 2.48. The molecule has 16 heavy (non-hydrogen) atoms. The van der Waals surface area contributed by atoms with E-state index in [1.54, 1.807) is 0 Å². The van der Waals surface area contributed by atoms with E-state index in [0.29, 0.717) is 6.54 Å². The van der Waals surface area contributed by atoms with Gasteiger partial charge in [-0.1, -0.05) is 23.4 Å². The highest BCUT2D eigenvalue weighted by molar-refractivity contribution is 5.85. The molecule has 2 aromatic rings. The number of aromatic nitrogens is 1. The molecule has 1 heterocycles. The number of hydrogen-bond donors (Lipinski definition) is 1. The summed E-state index contributed by atoms with van der Waals surface area (Å²) in [6, 6.07) is 8.14. The van der Waals surface area contributed by atoms with Crippen molar-refractivity contribution in [3.63, 3.8) is 0 Å². The van der Waals surface area contributed by atoms with Crippen LogP contribution in [0.5, 0.6) is 0 Å². The second-order valence-corrected chi connectivity index (χ2v) is 3.60. The summed E-state index contributed by atoms with van der Waals surface area (Å²) in [7, 11) is 0. The molecule has 1 aromatic heterocycles. The lowest BCUT2D eigenvalue weighted by Crippen LogP contribution is -1.96. The highest BCUT2D eigenvalue weighted by Gasteiger charge is 2.10. The maximum atomic E-state index is 5.61. The lowest BCUT2D eigenvalue weighted by atomic mass is 10.0. The van der Waals surface area contributed by atoms with Gasteiger partial charge in [0.25, 0.3) is 0 Å². The third kappa shape index (κ3) is 2.26. The van der Waals surface area contributed by atoms with Crippen LogP contribution in [0.1, 0.15) is 17.0 Å². The normalized spacial score (nSPS) is 9.94. The van der Waals surface area contributed by atoms with Gasteiger partial charge in [-0.3, -0.25) is 0 Å². The number of halogens is 1. The lowest BCUT2D eigenvalue weighted by Gasteiger charge is -2.02. The van der Waals surface area contributed by atoms with Gasteiger partial charge in [0.2, 0.25) is 0 Å². The summed E-state index contributed by atoms with van der Waals surface area (Å²) in [4.78, 5) is 0. The van der Waals surface area contributed by atoms with Gasteiger partial charge in [0.05, 0.1) is 5.69 Å². The first kappa shape index (κ1) is 12.7. The Morgan fingerprint density at radius 3 is 2.62 bits per heavy atom. The topological polar surface area (TPSA) is 52.0 Å². The highest BCUT2D eigenvalue weighted by atomic mass is 35.5. The second kappa shape index (κ2) is 5.14. The van der Waals surface area contributed by atoms with Crippen LogP contribution in [0.2, 0.25) is 0 Å². The molecular weight excluding hydrogens is 224 g/mol. The van der Waals surface area contributed by atoms with Crippen LogP contribution in [0.4, 0.5) is 0 Å². The molecule has 0 atom stereocenters. The number of rotatable bonds is 2. The molecule has 3 nitrogen and oxygen atoms in total. The van der Waals surface area contributed by atoms with E-state index < -0.39 is 0 Å². The van der Waals surface area contributed by atoms with Gasteiger partial charge in [0.15, 0.2) is 0 Å². The van der Waals surface area contributed by atoms with Crippen molar-refractivity contribution >= 4 is 12.4 Å². The number of nitrogens with zero attached hydrogens (tertiary/aromatic N) is 1. The van der Waals surface area contributed by atoms with Crippen molar-refractivity contribution < 1.29 is 4.52 Å². The first-order valence-corrected chi connectivity index (χ1v) is 4.94. The monoisotopic (exact) mass is 238 g/mol. The van der Waals surface area contributed by atoms with E-state index in [1.807, 2.05) is 32.0 Å². The van der Waals surface area contributed by atoms with Gasteiger partial charge in [0, 0.05) is 12.1 Å². The smallest absolute Gasteiger partial charge is 0.141 e. The van der Waals surface area contributed by atoms with Crippen molar-refractivity contribution in [1.82, 2.24) is 5.16 Å². The zero-order valence-electron chi connectivity index (χ0n) is 9.36. The van der Waals surface area contributed by atoms with Crippen molar-refractivity contribution in [2.45, 2.75) is 20.4 Å². The predicted octanol–water partition coefficient (Wildman–Crippen LogP) is 2.84. The lowest BCUT2D eigenvalue weighted by molar-refractivity contribution is 0.393. The first-order chi connectivity index (χ1) is 7.22. The SMILES string of the molecule is Cc1noc(C)c1-c1cccc(CN)c1.Cl. The Labute approximate surface area is 101 Å². The molecule has 2 rings (SSSR count). The van der Waals surface area contributed by atoms with Gasteiger partial charge in [-0.25, -0.2) is 0 Å². The van der Waals surface area contributed by atoms with Crippen molar-refractivity contribution in [2.75, 3.05) is 0 Å². The Bertz CT molecular complexity index is 460. The molecule has 0 spiro atoms. The van der Waals surface area contributed by atoms with Crippen molar-refractivity contribution in [2.24, 2.45) is 5.73 Å². The summed E-state index contributed by atoms with van der Waals surface area (Å²) < 4.78 is 5.14. The van der Waals surface area contributed by atoms with E-state index >= 15 is 0 Å². The molecular formula is C12H15ClN2O. The molecule has 4 heteroatoms. The van der Waals surface area contributed by atoms with Gasteiger partial charge < -0.3 is 10.3 Å². The van der Waals surface area contributed by atoms with Crippen LogP contribution in [0, 0.1) is 13.8 Å². The molecule has 0 bridgehead atoms. The Kier molecular flexibility index (Phi) is 4.10. The number of nitrogens with two attached hydrogens (primary N) is 1. The summed E-state index contributed by atoms with van der Waals surface area (Å²) >= 11 is 0. The average molecular weight is 239 g/mol. The molecule has 2 N–H and O–H groups in total. The van der Waals surface area contributed by atoms with Crippen LogP contribution < -0.4 is 5.73 Å². The molecule has 0 fully saturated rings. The van der Waals surface area contributed by atoms with E-state index in [1.165, 1.54) is 0 Å². The zero-order chi connectivity index (χ0) is 10.8. The minimum Gasteiger partial charge on any atom is -0.361 e. The first-order valence-electron chi connectivity index (χ1n) is 4.94. The van der Waals surface area contributed by atoms with Gasteiger partial charge in [-0.2, -0.15) is 0 Å². The maximum Gasteiger partial charge on any atom is 0.141 e. The number of benzene rings is 1.